The highest BCUT2D eigenvalue weighted by molar-refractivity contribution is 5.79. The summed E-state index contributed by atoms with van der Waals surface area (Å²) in [6.45, 7) is 7.98. The molecule has 124 valence electrons. The second-order valence-corrected chi connectivity index (χ2v) is 6.46. The number of nitrogens with zero attached hydrogens (tertiary/aromatic N) is 3. The molecule has 0 bridgehead atoms. The van der Waals surface area contributed by atoms with E-state index in [9.17, 15) is 4.79 Å². The van der Waals surface area contributed by atoms with E-state index in [1.165, 1.54) is 5.69 Å². The van der Waals surface area contributed by atoms with Gasteiger partial charge in [0, 0.05) is 37.4 Å². The largest absolute Gasteiger partial charge is 0.342 e. The molecule has 1 aromatic rings. The first-order valence-electron chi connectivity index (χ1n) is 8.54. The number of nitrogens with two attached hydrogens (primary N) is 1. The molecule has 1 saturated heterocycles. The Balaban J connectivity index is 2.04. The van der Waals surface area contributed by atoms with E-state index < -0.39 is 0 Å². The summed E-state index contributed by atoms with van der Waals surface area (Å²) in [5.74, 6) is 0.792. The van der Waals surface area contributed by atoms with Crippen LogP contribution in [0.1, 0.15) is 50.6 Å². The lowest BCUT2D eigenvalue weighted by molar-refractivity contribution is -0.131. The minimum absolute atomic E-state index is 0.231. The Kier molecular flexibility index (Phi) is 5.62. The maximum Gasteiger partial charge on any atom is 0.227 e. The highest BCUT2D eigenvalue weighted by atomic mass is 16.2. The first-order chi connectivity index (χ1) is 10.5. The van der Waals surface area contributed by atoms with Crippen LogP contribution in [0.25, 0.3) is 0 Å². The van der Waals surface area contributed by atoms with Gasteiger partial charge in [-0.25, -0.2) is 0 Å². The van der Waals surface area contributed by atoms with Crippen molar-refractivity contribution in [3.63, 3.8) is 0 Å². The van der Waals surface area contributed by atoms with E-state index in [-0.39, 0.29) is 11.9 Å². The number of piperidine rings is 1. The fourth-order valence-electron chi connectivity index (χ4n) is 3.53. The van der Waals surface area contributed by atoms with Gasteiger partial charge in [0.05, 0.1) is 12.1 Å². The van der Waals surface area contributed by atoms with Crippen molar-refractivity contribution in [2.45, 2.75) is 58.9 Å². The Labute approximate surface area is 133 Å². The Morgan fingerprint density at radius 2 is 1.95 bits per heavy atom. The number of aromatic nitrogens is 2. The molecule has 1 aliphatic rings. The van der Waals surface area contributed by atoms with Crippen LogP contribution >= 0.6 is 0 Å². The van der Waals surface area contributed by atoms with Gasteiger partial charge in [-0.2, -0.15) is 5.10 Å². The van der Waals surface area contributed by atoms with Gasteiger partial charge in [-0.3, -0.25) is 9.48 Å². The first-order valence-corrected chi connectivity index (χ1v) is 8.54. The summed E-state index contributed by atoms with van der Waals surface area (Å²) in [7, 11) is 1.97. The van der Waals surface area contributed by atoms with E-state index >= 15 is 0 Å². The molecule has 0 radical (unpaired) electrons. The second kappa shape index (κ2) is 7.27. The summed E-state index contributed by atoms with van der Waals surface area (Å²) in [6.07, 6.45) is 4.33. The van der Waals surface area contributed by atoms with Crippen LogP contribution in [0.15, 0.2) is 0 Å². The standard InChI is InChI=1S/C17H30N4O/c1-5-15-14(16(6-2)20(4)19-15)11-17(22)21-9-7-13(8-10-21)12(3)18/h12-13H,5-11,18H2,1-4H3. The van der Waals surface area contributed by atoms with Crippen LogP contribution in [0.4, 0.5) is 0 Å². The van der Waals surface area contributed by atoms with Crippen LogP contribution in [-0.4, -0.2) is 39.7 Å². The van der Waals surface area contributed by atoms with Gasteiger partial charge in [-0.15, -0.1) is 0 Å². The van der Waals surface area contributed by atoms with Gasteiger partial charge in [-0.05, 0) is 38.5 Å². The summed E-state index contributed by atoms with van der Waals surface area (Å²) < 4.78 is 1.93. The summed E-state index contributed by atoms with van der Waals surface area (Å²) >= 11 is 0. The zero-order valence-corrected chi connectivity index (χ0v) is 14.4. The molecule has 1 unspecified atom stereocenters. The van der Waals surface area contributed by atoms with E-state index in [1.54, 1.807) is 0 Å². The lowest BCUT2D eigenvalue weighted by Gasteiger charge is -2.33. The van der Waals surface area contributed by atoms with Crippen LogP contribution in [-0.2, 0) is 31.1 Å². The molecular weight excluding hydrogens is 276 g/mol. The summed E-state index contributed by atoms with van der Waals surface area (Å²) in [6, 6.07) is 0.231. The molecule has 0 saturated carbocycles. The molecule has 2 heterocycles. The molecule has 22 heavy (non-hydrogen) atoms. The number of aryl methyl sites for hydroxylation is 2. The lowest BCUT2D eigenvalue weighted by atomic mass is 9.90. The zero-order chi connectivity index (χ0) is 16.3. The number of rotatable bonds is 5. The van der Waals surface area contributed by atoms with Crippen molar-refractivity contribution < 1.29 is 4.79 Å². The Morgan fingerprint density at radius 3 is 2.45 bits per heavy atom. The molecular formula is C17H30N4O. The minimum atomic E-state index is 0.231. The Hall–Kier alpha value is -1.36. The third kappa shape index (κ3) is 3.51. The van der Waals surface area contributed by atoms with Crippen molar-refractivity contribution in [3.05, 3.63) is 17.0 Å². The molecule has 1 aromatic heterocycles. The average molecular weight is 306 g/mol. The Bertz CT molecular complexity index is 513. The molecule has 1 amide bonds. The molecule has 1 aliphatic heterocycles. The van der Waals surface area contributed by atoms with Crippen molar-refractivity contribution in [1.29, 1.82) is 0 Å². The molecule has 0 spiro atoms. The molecule has 0 aliphatic carbocycles. The van der Waals surface area contributed by atoms with Gasteiger partial charge in [0.1, 0.15) is 0 Å². The summed E-state index contributed by atoms with van der Waals surface area (Å²) in [4.78, 5) is 14.7. The molecule has 0 aromatic carbocycles. The van der Waals surface area contributed by atoms with Crippen LogP contribution in [0.5, 0.6) is 0 Å². The van der Waals surface area contributed by atoms with Gasteiger partial charge in [0.15, 0.2) is 0 Å². The van der Waals surface area contributed by atoms with E-state index in [2.05, 4.69) is 25.9 Å². The molecule has 5 heteroatoms. The van der Waals surface area contributed by atoms with Gasteiger partial charge >= 0.3 is 0 Å². The zero-order valence-electron chi connectivity index (χ0n) is 14.4. The third-order valence-electron chi connectivity index (χ3n) is 4.99. The molecule has 2 N–H and O–H groups in total. The Morgan fingerprint density at radius 1 is 1.32 bits per heavy atom. The molecule has 1 fully saturated rings. The quantitative estimate of drug-likeness (QED) is 0.900. The van der Waals surface area contributed by atoms with E-state index in [0.29, 0.717) is 12.3 Å². The van der Waals surface area contributed by atoms with Crippen molar-refractivity contribution in [3.8, 4) is 0 Å². The summed E-state index contributed by atoms with van der Waals surface area (Å²) in [5.41, 5.74) is 9.38. The molecule has 2 rings (SSSR count). The van der Waals surface area contributed by atoms with E-state index in [0.717, 1.165) is 50.0 Å². The van der Waals surface area contributed by atoms with E-state index in [4.69, 9.17) is 5.73 Å². The number of likely N-dealkylation sites (tertiary alicyclic amines) is 1. The normalized spacial score (nSPS) is 17.8. The number of hydrogen-bond donors (Lipinski definition) is 1. The maximum atomic E-state index is 12.6. The predicted octanol–water partition coefficient (Wildman–Crippen LogP) is 1.67. The lowest BCUT2D eigenvalue weighted by Crippen LogP contribution is -2.43. The van der Waals surface area contributed by atoms with Crippen LogP contribution in [0.2, 0.25) is 0 Å². The second-order valence-electron chi connectivity index (χ2n) is 6.46. The van der Waals surface area contributed by atoms with Gasteiger partial charge < -0.3 is 10.6 Å². The smallest absolute Gasteiger partial charge is 0.227 e. The first kappa shape index (κ1) is 17.0. The number of hydrogen-bond acceptors (Lipinski definition) is 3. The minimum Gasteiger partial charge on any atom is -0.342 e. The van der Waals surface area contributed by atoms with Crippen LogP contribution < -0.4 is 5.73 Å². The topological polar surface area (TPSA) is 64.2 Å². The highest BCUT2D eigenvalue weighted by Crippen LogP contribution is 2.22. The van der Waals surface area contributed by atoms with E-state index in [1.807, 2.05) is 16.6 Å². The van der Waals surface area contributed by atoms with Crippen molar-refractivity contribution in [1.82, 2.24) is 14.7 Å². The van der Waals surface area contributed by atoms with Gasteiger partial charge in [0.2, 0.25) is 5.91 Å². The number of carbonyl (C=O) groups excluding carboxylic acids is 1. The predicted molar refractivity (Wildman–Crippen MR) is 88.6 cm³/mol. The van der Waals surface area contributed by atoms with Crippen LogP contribution in [0, 0.1) is 5.92 Å². The van der Waals surface area contributed by atoms with Crippen molar-refractivity contribution in [2.75, 3.05) is 13.1 Å². The van der Waals surface area contributed by atoms with Gasteiger partial charge in [0.25, 0.3) is 0 Å². The average Bonchev–Trinajstić information content (AvgIpc) is 2.82. The molecule has 1 atom stereocenters. The SMILES string of the molecule is CCc1nn(C)c(CC)c1CC(=O)N1CCC(C(C)N)CC1. The molecule has 5 nitrogen and oxygen atoms in total. The van der Waals surface area contributed by atoms with Crippen molar-refractivity contribution >= 4 is 5.91 Å². The monoisotopic (exact) mass is 306 g/mol. The summed E-state index contributed by atoms with van der Waals surface area (Å²) in [5, 5.41) is 4.56. The van der Waals surface area contributed by atoms with Gasteiger partial charge in [-0.1, -0.05) is 13.8 Å². The maximum absolute atomic E-state index is 12.6. The highest BCUT2D eigenvalue weighted by Gasteiger charge is 2.26. The number of carbonyl (C=O) groups is 1. The number of amides is 1. The fourth-order valence-corrected chi connectivity index (χ4v) is 3.53. The third-order valence-corrected chi connectivity index (χ3v) is 4.99. The van der Waals surface area contributed by atoms with Crippen LogP contribution in [0.3, 0.4) is 0 Å². The van der Waals surface area contributed by atoms with Crippen molar-refractivity contribution in [2.24, 2.45) is 18.7 Å². The fraction of sp³-hybridized carbons (Fsp3) is 0.765.